The van der Waals surface area contributed by atoms with Crippen LogP contribution in [0.15, 0.2) is 24.3 Å². The molecule has 4 amide bonds. The molecular formula is C17H18F3N3O3. The van der Waals surface area contributed by atoms with E-state index in [-0.39, 0.29) is 18.8 Å². The Kier molecular flexibility index (Phi) is 4.41. The van der Waals surface area contributed by atoms with Crippen LogP contribution in [0.5, 0.6) is 0 Å². The second-order valence-electron chi connectivity index (χ2n) is 6.86. The summed E-state index contributed by atoms with van der Waals surface area (Å²) < 4.78 is 37.9. The standard InChI is InChI=1S/C17H18F3N3O3/c18-17(19,20)12-3-1-9(2-4-12)7-10(13(21)24)8-16(11-5-6-11)14(25)22-15(26)23-16/h1-4,10-11H,5-8H2,(H2,21,24)(H2,22,23,25,26)/t10?,16-/m1/s1. The summed E-state index contributed by atoms with van der Waals surface area (Å²) in [4.78, 5) is 35.7. The van der Waals surface area contributed by atoms with Crippen LogP contribution in [0.25, 0.3) is 0 Å². The molecule has 1 heterocycles. The Hall–Kier alpha value is -2.58. The monoisotopic (exact) mass is 369 g/mol. The molecule has 0 spiro atoms. The summed E-state index contributed by atoms with van der Waals surface area (Å²) in [5, 5.41) is 4.82. The van der Waals surface area contributed by atoms with Crippen molar-refractivity contribution in [3.63, 3.8) is 0 Å². The van der Waals surface area contributed by atoms with Gasteiger partial charge in [0.15, 0.2) is 0 Å². The van der Waals surface area contributed by atoms with E-state index in [4.69, 9.17) is 5.73 Å². The maximum Gasteiger partial charge on any atom is 0.416 e. The largest absolute Gasteiger partial charge is 0.416 e. The van der Waals surface area contributed by atoms with E-state index in [0.717, 1.165) is 25.0 Å². The lowest BCUT2D eigenvalue weighted by Gasteiger charge is -2.29. The van der Waals surface area contributed by atoms with Crippen molar-refractivity contribution in [3.05, 3.63) is 35.4 Å². The van der Waals surface area contributed by atoms with E-state index >= 15 is 0 Å². The summed E-state index contributed by atoms with van der Waals surface area (Å²) in [6.45, 7) is 0. The van der Waals surface area contributed by atoms with Crippen molar-refractivity contribution in [1.82, 2.24) is 10.6 Å². The fraction of sp³-hybridized carbons (Fsp3) is 0.471. The van der Waals surface area contributed by atoms with E-state index in [2.05, 4.69) is 10.6 Å². The second kappa shape index (κ2) is 6.30. The maximum atomic E-state index is 12.6. The van der Waals surface area contributed by atoms with Gasteiger partial charge < -0.3 is 11.1 Å². The predicted octanol–water partition coefficient (Wildman–Crippen LogP) is 1.73. The zero-order chi connectivity index (χ0) is 19.1. The van der Waals surface area contributed by atoms with Crippen LogP contribution in [0, 0.1) is 11.8 Å². The Labute approximate surface area is 147 Å². The Bertz CT molecular complexity index is 744. The van der Waals surface area contributed by atoms with Gasteiger partial charge in [0.1, 0.15) is 5.54 Å². The minimum Gasteiger partial charge on any atom is -0.369 e. The molecule has 3 rings (SSSR count). The molecule has 0 aromatic heterocycles. The Morgan fingerprint density at radius 3 is 2.27 bits per heavy atom. The SMILES string of the molecule is NC(=O)C(Cc1ccc(C(F)(F)F)cc1)C[C@]1(C2CC2)NC(=O)NC1=O. The molecule has 1 unspecified atom stereocenters. The molecule has 140 valence electrons. The molecule has 1 aliphatic heterocycles. The third kappa shape index (κ3) is 3.51. The van der Waals surface area contributed by atoms with Gasteiger partial charge in [0, 0.05) is 5.92 Å². The quantitative estimate of drug-likeness (QED) is 0.666. The van der Waals surface area contributed by atoms with Crippen molar-refractivity contribution in [2.75, 3.05) is 0 Å². The number of carbonyl (C=O) groups excluding carboxylic acids is 3. The number of nitrogens with one attached hydrogen (secondary N) is 2. The highest BCUT2D eigenvalue weighted by Crippen LogP contribution is 2.45. The van der Waals surface area contributed by atoms with E-state index in [1.54, 1.807) is 0 Å². The average Bonchev–Trinajstić information content (AvgIpc) is 3.34. The summed E-state index contributed by atoms with van der Waals surface area (Å²) in [7, 11) is 0. The van der Waals surface area contributed by atoms with E-state index < -0.39 is 41.0 Å². The minimum absolute atomic E-state index is 0.0194. The molecule has 0 bridgehead atoms. The molecule has 26 heavy (non-hydrogen) atoms. The Balaban J connectivity index is 1.78. The zero-order valence-corrected chi connectivity index (χ0v) is 13.7. The first-order valence-corrected chi connectivity index (χ1v) is 8.21. The molecule has 0 radical (unpaired) electrons. The molecule has 2 atom stereocenters. The Morgan fingerprint density at radius 1 is 1.23 bits per heavy atom. The van der Waals surface area contributed by atoms with Crippen molar-refractivity contribution < 1.29 is 27.6 Å². The average molecular weight is 369 g/mol. The topological polar surface area (TPSA) is 101 Å². The van der Waals surface area contributed by atoms with Crippen molar-refractivity contribution in [2.45, 2.75) is 37.4 Å². The smallest absolute Gasteiger partial charge is 0.369 e. The number of rotatable bonds is 6. The van der Waals surface area contributed by atoms with Gasteiger partial charge in [-0.1, -0.05) is 12.1 Å². The first kappa shape index (κ1) is 18.2. The van der Waals surface area contributed by atoms with Gasteiger partial charge in [-0.15, -0.1) is 0 Å². The minimum atomic E-state index is -4.44. The van der Waals surface area contributed by atoms with E-state index in [1.165, 1.54) is 12.1 Å². The first-order chi connectivity index (χ1) is 12.1. The lowest BCUT2D eigenvalue weighted by Crippen LogP contribution is -2.52. The fourth-order valence-corrected chi connectivity index (χ4v) is 3.46. The van der Waals surface area contributed by atoms with Crippen LogP contribution in [0.1, 0.15) is 30.4 Å². The molecule has 1 saturated heterocycles. The lowest BCUT2D eigenvalue weighted by molar-refractivity contribution is -0.137. The number of alkyl halides is 3. The lowest BCUT2D eigenvalue weighted by atomic mass is 9.80. The molecule has 1 saturated carbocycles. The van der Waals surface area contributed by atoms with Gasteiger partial charge in [0.2, 0.25) is 5.91 Å². The van der Waals surface area contributed by atoms with Gasteiger partial charge in [-0.3, -0.25) is 14.9 Å². The fourth-order valence-electron chi connectivity index (χ4n) is 3.46. The van der Waals surface area contributed by atoms with Crippen LogP contribution in [-0.4, -0.2) is 23.4 Å². The van der Waals surface area contributed by atoms with Gasteiger partial charge in [-0.2, -0.15) is 13.2 Å². The first-order valence-electron chi connectivity index (χ1n) is 8.21. The molecule has 2 aliphatic rings. The predicted molar refractivity (Wildman–Crippen MR) is 84.6 cm³/mol. The van der Waals surface area contributed by atoms with Crippen molar-refractivity contribution in [1.29, 1.82) is 0 Å². The van der Waals surface area contributed by atoms with Gasteiger partial charge in [-0.05, 0) is 49.3 Å². The number of primary amides is 1. The number of halogens is 3. The number of benzene rings is 1. The summed E-state index contributed by atoms with van der Waals surface area (Å²) in [6, 6.07) is 3.84. The van der Waals surface area contributed by atoms with Crippen LogP contribution in [0.2, 0.25) is 0 Å². The highest BCUT2D eigenvalue weighted by Gasteiger charge is 2.57. The highest BCUT2D eigenvalue weighted by molar-refractivity contribution is 6.07. The molecular weight excluding hydrogens is 351 g/mol. The number of urea groups is 1. The number of hydrogen-bond acceptors (Lipinski definition) is 3. The summed E-state index contributed by atoms with van der Waals surface area (Å²) in [5.74, 6) is -2.01. The van der Waals surface area contributed by atoms with Crippen molar-refractivity contribution in [3.8, 4) is 0 Å². The summed E-state index contributed by atoms with van der Waals surface area (Å²) in [5.41, 5.74) is 3.99. The normalized spacial score (nSPS) is 24.1. The zero-order valence-electron chi connectivity index (χ0n) is 13.7. The second-order valence-corrected chi connectivity index (χ2v) is 6.86. The molecule has 1 aliphatic carbocycles. The van der Waals surface area contributed by atoms with Crippen LogP contribution < -0.4 is 16.4 Å². The van der Waals surface area contributed by atoms with Crippen LogP contribution >= 0.6 is 0 Å². The molecule has 1 aromatic carbocycles. The third-order valence-electron chi connectivity index (χ3n) is 4.98. The van der Waals surface area contributed by atoms with Gasteiger partial charge in [0.25, 0.3) is 5.91 Å². The van der Waals surface area contributed by atoms with Crippen LogP contribution in [0.4, 0.5) is 18.0 Å². The van der Waals surface area contributed by atoms with Crippen LogP contribution in [-0.2, 0) is 22.2 Å². The summed E-state index contributed by atoms with van der Waals surface area (Å²) in [6.07, 6.45) is -2.83. The number of carbonyl (C=O) groups is 3. The number of imide groups is 1. The van der Waals surface area contributed by atoms with Gasteiger partial charge in [-0.25, -0.2) is 4.79 Å². The number of hydrogen-bond donors (Lipinski definition) is 3. The summed E-state index contributed by atoms with van der Waals surface area (Å²) >= 11 is 0. The van der Waals surface area contributed by atoms with E-state index in [1.807, 2.05) is 0 Å². The van der Waals surface area contributed by atoms with Gasteiger partial charge in [0.05, 0.1) is 5.56 Å². The highest BCUT2D eigenvalue weighted by atomic mass is 19.4. The Morgan fingerprint density at radius 2 is 1.85 bits per heavy atom. The number of nitrogens with two attached hydrogens (primary N) is 1. The maximum absolute atomic E-state index is 12.6. The molecule has 6 nitrogen and oxygen atoms in total. The molecule has 9 heteroatoms. The van der Waals surface area contributed by atoms with Gasteiger partial charge >= 0.3 is 12.2 Å². The van der Waals surface area contributed by atoms with E-state index in [9.17, 15) is 27.6 Å². The van der Waals surface area contributed by atoms with E-state index in [0.29, 0.717) is 5.56 Å². The third-order valence-corrected chi connectivity index (χ3v) is 4.98. The number of amides is 4. The molecule has 4 N–H and O–H groups in total. The molecule has 1 aromatic rings. The van der Waals surface area contributed by atoms with Crippen LogP contribution in [0.3, 0.4) is 0 Å². The van der Waals surface area contributed by atoms with Crippen molar-refractivity contribution >= 4 is 17.8 Å². The molecule has 2 fully saturated rings. The van der Waals surface area contributed by atoms with Crippen molar-refractivity contribution in [2.24, 2.45) is 17.6 Å².